The quantitative estimate of drug-likeness (QED) is 0.856. The fraction of sp³-hybridized carbons (Fsp3) is 0.300. The molecule has 2 aromatic rings. The molecule has 0 aliphatic carbocycles. The van der Waals surface area contributed by atoms with Gasteiger partial charge >= 0.3 is 6.18 Å². The summed E-state index contributed by atoms with van der Waals surface area (Å²) in [7, 11) is -4.40. The van der Waals surface area contributed by atoms with E-state index in [0.29, 0.717) is 18.7 Å². The molecule has 0 unspecified atom stereocenters. The van der Waals surface area contributed by atoms with Gasteiger partial charge in [0.25, 0.3) is 16.0 Å². The number of nitrogens with one attached hydrogen (secondary N) is 1. The van der Waals surface area contributed by atoms with Crippen LogP contribution in [0, 0.1) is 5.82 Å². The molecule has 1 aromatic heterocycles. The van der Waals surface area contributed by atoms with Crippen molar-refractivity contribution in [3.63, 3.8) is 0 Å². The standard InChI is InChI=1S/C10H9F4N5O2S/c1-2-19-16-9(15-18-19)17-22(20,21)6-3-4-8(11)7(5-6)10(12,13)14/h3-5H,2H2,1H3,(H,16,17). The molecule has 2 rings (SSSR count). The van der Waals surface area contributed by atoms with Gasteiger partial charge < -0.3 is 0 Å². The highest BCUT2D eigenvalue weighted by Gasteiger charge is 2.35. The molecule has 0 fully saturated rings. The minimum atomic E-state index is -5.01. The van der Waals surface area contributed by atoms with Gasteiger partial charge in [-0.3, -0.25) is 0 Å². The van der Waals surface area contributed by atoms with Gasteiger partial charge in [0.15, 0.2) is 0 Å². The van der Waals surface area contributed by atoms with Gasteiger partial charge in [0.2, 0.25) is 0 Å². The Kier molecular flexibility index (Phi) is 4.04. The van der Waals surface area contributed by atoms with Crippen LogP contribution in [0.5, 0.6) is 0 Å². The number of aryl methyl sites for hydroxylation is 1. The second-order valence-corrected chi connectivity index (χ2v) is 5.73. The van der Waals surface area contributed by atoms with Crippen LogP contribution in [0.25, 0.3) is 0 Å². The number of hydrogen-bond acceptors (Lipinski definition) is 5. The van der Waals surface area contributed by atoms with Crippen LogP contribution in [0.2, 0.25) is 0 Å². The molecule has 0 aliphatic heterocycles. The predicted molar refractivity (Wildman–Crippen MR) is 65.7 cm³/mol. The number of aromatic nitrogens is 4. The minimum absolute atomic E-state index is 0.196. The van der Waals surface area contributed by atoms with Gasteiger partial charge in [0.1, 0.15) is 5.82 Å². The Morgan fingerprint density at radius 1 is 1.32 bits per heavy atom. The van der Waals surface area contributed by atoms with Gasteiger partial charge in [-0.25, -0.2) is 17.5 Å². The lowest BCUT2D eigenvalue weighted by atomic mass is 10.2. The third kappa shape index (κ3) is 3.32. The largest absolute Gasteiger partial charge is 0.419 e. The van der Waals surface area contributed by atoms with Crippen molar-refractivity contribution in [3.8, 4) is 0 Å². The van der Waals surface area contributed by atoms with E-state index in [0.717, 1.165) is 4.80 Å². The smallest absolute Gasteiger partial charge is 0.245 e. The average Bonchev–Trinajstić information content (AvgIpc) is 2.84. The predicted octanol–water partition coefficient (Wildman–Crippen LogP) is 1.65. The van der Waals surface area contributed by atoms with Gasteiger partial charge in [-0.15, -0.1) is 5.10 Å². The summed E-state index contributed by atoms with van der Waals surface area (Å²) in [5.74, 6) is -1.97. The van der Waals surface area contributed by atoms with E-state index in [-0.39, 0.29) is 6.07 Å². The van der Waals surface area contributed by atoms with Crippen molar-refractivity contribution in [3.05, 3.63) is 29.6 Å². The third-order valence-corrected chi connectivity index (χ3v) is 3.84. The average molecular weight is 339 g/mol. The Balaban J connectivity index is 2.37. The first kappa shape index (κ1) is 16.1. The highest BCUT2D eigenvalue weighted by Crippen LogP contribution is 2.32. The fourth-order valence-electron chi connectivity index (χ4n) is 1.49. The first-order valence-electron chi connectivity index (χ1n) is 5.81. The van der Waals surface area contributed by atoms with Crippen LogP contribution in [0.4, 0.5) is 23.5 Å². The molecule has 12 heteroatoms. The summed E-state index contributed by atoms with van der Waals surface area (Å²) in [4.78, 5) is 0.304. The molecule has 0 saturated heterocycles. The maximum Gasteiger partial charge on any atom is 0.419 e. The normalized spacial score (nSPS) is 12.4. The topological polar surface area (TPSA) is 89.8 Å². The summed E-state index contributed by atoms with van der Waals surface area (Å²) in [5.41, 5.74) is -1.68. The van der Waals surface area contributed by atoms with Gasteiger partial charge in [-0.05, 0) is 30.3 Å². The fourth-order valence-corrected chi connectivity index (χ4v) is 2.45. The van der Waals surface area contributed by atoms with E-state index in [1.54, 1.807) is 6.92 Å². The molecule has 1 heterocycles. The van der Waals surface area contributed by atoms with Crippen molar-refractivity contribution in [2.75, 3.05) is 4.72 Å². The van der Waals surface area contributed by atoms with Crippen molar-refractivity contribution >= 4 is 16.0 Å². The van der Waals surface area contributed by atoms with Crippen molar-refractivity contribution < 1.29 is 26.0 Å². The molecule has 22 heavy (non-hydrogen) atoms. The van der Waals surface area contributed by atoms with E-state index in [1.807, 2.05) is 4.72 Å². The van der Waals surface area contributed by atoms with Gasteiger partial charge in [0, 0.05) is 0 Å². The second-order valence-electron chi connectivity index (χ2n) is 4.05. The Labute approximate surface area is 122 Å². The monoisotopic (exact) mass is 339 g/mol. The summed E-state index contributed by atoms with van der Waals surface area (Å²) >= 11 is 0. The zero-order valence-electron chi connectivity index (χ0n) is 11.0. The zero-order chi connectivity index (χ0) is 16.5. The molecule has 0 bridgehead atoms. The number of sulfonamides is 1. The van der Waals surface area contributed by atoms with Crippen LogP contribution in [-0.4, -0.2) is 28.6 Å². The minimum Gasteiger partial charge on any atom is -0.245 e. The van der Waals surface area contributed by atoms with Gasteiger partial charge in [-0.2, -0.15) is 18.0 Å². The Hall–Kier alpha value is -2.24. The van der Waals surface area contributed by atoms with Gasteiger partial charge in [-0.1, -0.05) is 5.10 Å². The number of anilines is 1. The molecule has 0 atom stereocenters. The van der Waals surface area contributed by atoms with E-state index in [9.17, 15) is 26.0 Å². The first-order valence-corrected chi connectivity index (χ1v) is 7.29. The Morgan fingerprint density at radius 2 is 2.00 bits per heavy atom. The van der Waals surface area contributed by atoms with E-state index in [4.69, 9.17) is 0 Å². The number of rotatable bonds is 4. The highest BCUT2D eigenvalue weighted by molar-refractivity contribution is 7.92. The lowest BCUT2D eigenvalue weighted by Crippen LogP contribution is -2.16. The number of nitrogens with zero attached hydrogens (tertiary/aromatic N) is 4. The van der Waals surface area contributed by atoms with Crippen LogP contribution in [0.3, 0.4) is 0 Å². The SMILES string of the molecule is CCn1nnc(NS(=O)(=O)c2ccc(F)c(C(F)(F)F)c2)n1. The summed E-state index contributed by atoms with van der Waals surface area (Å²) < 4.78 is 76.8. The molecule has 1 aromatic carbocycles. The van der Waals surface area contributed by atoms with Crippen molar-refractivity contribution in [1.29, 1.82) is 0 Å². The summed E-state index contributed by atoms with van der Waals surface area (Å²) in [6, 6.07) is 1.33. The number of halogens is 4. The van der Waals surface area contributed by atoms with E-state index in [1.165, 1.54) is 0 Å². The Bertz CT molecular complexity index is 787. The molecule has 0 aliphatic rings. The lowest BCUT2D eigenvalue weighted by molar-refractivity contribution is -0.140. The lowest BCUT2D eigenvalue weighted by Gasteiger charge is -2.10. The van der Waals surface area contributed by atoms with Crippen molar-refractivity contribution in [2.24, 2.45) is 0 Å². The molecule has 7 nitrogen and oxygen atoms in total. The number of hydrogen-bond donors (Lipinski definition) is 1. The molecule has 0 spiro atoms. The molecule has 1 N–H and O–H groups in total. The molecule has 0 radical (unpaired) electrons. The number of alkyl halides is 3. The molecule has 0 saturated carbocycles. The maximum atomic E-state index is 13.2. The summed E-state index contributed by atoms with van der Waals surface area (Å²) in [6.07, 6.45) is -5.01. The van der Waals surface area contributed by atoms with Crippen LogP contribution >= 0.6 is 0 Å². The van der Waals surface area contributed by atoms with Crippen LogP contribution in [0.1, 0.15) is 12.5 Å². The molecule has 0 amide bonds. The zero-order valence-corrected chi connectivity index (χ0v) is 11.8. The molecular weight excluding hydrogens is 330 g/mol. The van der Waals surface area contributed by atoms with Crippen LogP contribution in [-0.2, 0) is 22.7 Å². The van der Waals surface area contributed by atoms with Crippen LogP contribution in [0.15, 0.2) is 23.1 Å². The van der Waals surface area contributed by atoms with Crippen LogP contribution < -0.4 is 4.72 Å². The van der Waals surface area contributed by atoms with E-state index in [2.05, 4.69) is 15.4 Å². The second kappa shape index (κ2) is 5.51. The molecular formula is C10H9F4N5O2S. The maximum absolute atomic E-state index is 13.2. The van der Waals surface area contributed by atoms with Crippen molar-refractivity contribution in [1.82, 2.24) is 20.2 Å². The summed E-state index contributed by atoms with van der Waals surface area (Å²) in [6.45, 7) is 2.00. The number of tetrazole rings is 1. The number of benzene rings is 1. The Morgan fingerprint density at radius 3 is 2.55 bits per heavy atom. The first-order chi connectivity index (χ1) is 10.1. The third-order valence-electron chi connectivity index (χ3n) is 2.51. The van der Waals surface area contributed by atoms with Gasteiger partial charge in [0.05, 0.1) is 17.0 Å². The van der Waals surface area contributed by atoms with Crippen molar-refractivity contribution in [2.45, 2.75) is 24.5 Å². The van der Waals surface area contributed by atoms with E-state index >= 15 is 0 Å². The van der Waals surface area contributed by atoms with E-state index < -0.39 is 38.4 Å². The highest BCUT2D eigenvalue weighted by atomic mass is 32.2. The summed E-state index contributed by atoms with van der Waals surface area (Å²) in [5, 5.41) is 10.5. The molecule has 120 valence electrons.